The molecule has 6 nitrogen and oxygen atoms in total. The maximum atomic E-state index is 12.2. The second-order valence-corrected chi connectivity index (χ2v) is 4.85. The Morgan fingerprint density at radius 2 is 1.75 bits per heavy atom. The lowest BCUT2D eigenvalue weighted by Crippen LogP contribution is -2.49. The quantitative estimate of drug-likeness (QED) is 0.766. The third-order valence-corrected chi connectivity index (χ3v) is 3.39. The molecule has 20 heavy (non-hydrogen) atoms. The van der Waals surface area contributed by atoms with Crippen LogP contribution in [0.1, 0.15) is 5.56 Å². The van der Waals surface area contributed by atoms with Crippen LogP contribution < -0.4 is 22.7 Å². The highest BCUT2D eigenvalue weighted by atomic mass is 16.2. The highest BCUT2D eigenvalue weighted by Crippen LogP contribution is 2.06. The number of aromatic nitrogens is 2. The predicted molar refractivity (Wildman–Crippen MR) is 81.9 cm³/mol. The van der Waals surface area contributed by atoms with E-state index >= 15 is 0 Å². The molecule has 2 rings (SSSR count). The number of nitrogens with two attached hydrogens (primary N) is 2. The molecule has 2 aromatic rings. The minimum atomic E-state index is -0.533. The molecule has 0 saturated carbocycles. The third kappa shape index (κ3) is 2.34. The van der Waals surface area contributed by atoms with Crippen LogP contribution in [0.4, 0.5) is 11.5 Å². The highest BCUT2D eigenvalue weighted by Gasteiger charge is 2.20. The van der Waals surface area contributed by atoms with Crippen molar-refractivity contribution in [1.82, 2.24) is 9.05 Å². The molecule has 0 aliphatic rings. The van der Waals surface area contributed by atoms with Gasteiger partial charge in [-0.3, -0.25) is 9.36 Å². The van der Waals surface area contributed by atoms with Gasteiger partial charge >= 0.3 is 5.69 Å². The van der Waals surface area contributed by atoms with Crippen molar-refractivity contribution in [3.05, 3.63) is 56.7 Å². The van der Waals surface area contributed by atoms with Crippen molar-refractivity contribution in [1.29, 1.82) is 0 Å². The van der Waals surface area contributed by atoms with Gasteiger partial charge in [-0.1, -0.05) is 42.7 Å². The Bertz CT molecular complexity index is 699. The van der Waals surface area contributed by atoms with Crippen LogP contribution in [0.5, 0.6) is 0 Å². The molecule has 104 valence electrons. The van der Waals surface area contributed by atoms with E-state index < -0.39 is 11.2 Å². The van der Waals surface area contributed by atoms with Crippen molar-refractivity contribution < 1.29 is 0 Å². The molecule has 0 atom stereocenters. The normalized spacial score (nSPS) is 10.5. The predicted octanol–water partition coefficient (Wildman–Crippen LogP) is -0.0373. The molecular weight excluding hydrogens is 255 g/mol. The number of hydrogen-bond acceptors (Lipinski definition) is 4. The molecule has 0 saturated heterocycles. The monoisotopic (exact) mass is 272 g/mol. The first-order valence-corrected chi connectivity index (χ1v) is 6.34. The largest absolute Gasteiger partial charge is 0.391 e. The van der Waals surface area contributed by atoms with Gasteiger partial charge in [0.05, 0.1) is 0 Å². The van der Waals surface area contributed by atoms with Gasteiger partial charge in [0.1, 0.15) is 11.5 Å². The molecule has 0 aliphatic heterocycles. The van der Waals surface area contributed by atoms with Gasteiger partial charge in [0.15, 0.2) is 0 Å². The van der Waals surface area contributed by atoms with Gasteiger partial charge in [0.2, 0.25) is 0 Å². The van der Waals surface area contributed by atoms with Crippen molar-refractivity contribution in [3.63, 3.8) is 0 Å². The van der Waals surface area contributed by atoms with Crippen molar-refractivity contribution >= 4 is 18.4 Å². The van der Waals surface area contributed by atoms with E-state index in [0.29, 0.717) is 6.32 Å². The molecule has 0 aliphatic carbocycles. The molecule has 0 fully saturated rings. The number of hydrogen-bond donors (Lipinski definition) is 2. The van der Waals surface area contributed by atoms with Crippen LogP contribution in [-0.4, -0.2) is 15.9 Å². The summed E-state index contributed by atoms with van der Waals surface area (Å²) in [7, 11) is 1.50. The zero-order valence-corrected chi connectivity index (χ0v) is 11.5. The van der Waals surface area contributed by atoms with Gasteiger partial charge in [0, 0.05) is 7.05 Å². The summed E-state index contributed by atoms with van der Waals surface area (Å²) in [6, 6.07) is 9.65. The van der Waals surface area contributed by atoms with E-state index in [1.807, 2.05) is 37.2 Å². The standard InChI is InChI=1S/C13H17BN4O2/c1-14(8-9-6-4-3-5-7-9)18-12(19)10(15)11(16)17(2)13(18)20/h3-7H,8,15-16H2,1-2H3. The molecule has 1 heterocycles. The van der Waals surface area contributed by atoms with Gasteiger partial charge < -0.3 is 15.9 Å². The Kier molecular flexibility index (Phi) is 3.69. The molecular formula is C13H17BN4O2. The van der Waals surface area contributed by atoms with Crippen LogP contribution >= 0.6 is 0 Å². The average molecular weight is 272 g/mol. The zero-order chi connectivity index (χ0) is 14.9. The Morgan fingerprint density at radius 3 is 2.35 bits per heavy atom. The minimum absolute atomic E-state index is 0.00293. The Morgan fingerprint density at radius 1 is 1.15 bits per heavy atom. The Hall–Kier alpha value is -2.44. The first-order chi connectivity index (χ1) is 9.43. The summed E-state index contributed by atoms with van der Waals surface area (Å²) in [5.41, 5.74) is 11.3. The zero-order valence-electron chi connectivity index (χ0n) is 11.5. The summed E-state index contributed by atoms with van der Waals surface area (Å²) in [5.74, 6) is 0.00293. The molecule has 7 heteroatoms. The fourth-order valence-electron chi connectivity index (χ4n) is 2.21. The number of anilines is 2. The summed E-state index contributed by atoms with van der Waals surface area (Å²) in [6.07, 6.45) is 0.569. The van der Waals surface area contributed by atoms with E-state index in [1.54, 1.807) is 0 Å². The summed E-state index contributed by atoms with van der Waals surface area (Å²) in [5, 5.41) is 0. The van der Waals surface area contributed by atoms with Crippen LogP contribution in [0.2, 0.25) is 6.82 Å². The molecule has 0 unspecified atom stereocenters. The fraction of sp³-hybridized carbons (Fsp3) is 0.231. The lowest BCUT2D eigenvalue weighted by molar-refractivity contribution is 0.777. The molecule has 0 spiro atoms. The van der Waals surface area contributed by atoms with Crippen LogP contribution in [0.15, 0.2) is 39.9 Å². The fourth-order valence-corrected chi connectivity index (χ4v) is 2.21. The topological polar surface area (TPSA) is 96.0 Å². The molecule has 4 N–H and O–H groups in total. The van der Waals surface area contributed by atoms with Crippen LogP contribution in [0.3, 0.4) is 0 Å². The number of nitrogen functional groups attached to an aromatic ring is 2. The maximum Gasteiger partial charge on any atom is 0.320 e. The SMILES string of the molecule is CB(Cc1ccccc1)n1c(=O)c(N)c(N)n(C)c1=O. The summed E-state index contributed by atoms with van der Waals surface area (Å²) >= 11 is 0. The van der Waals surface area contributed by atoms with Gasteiger partial charge in [-0.05, 0) is 6.32 Å². The molecule has 1 aromatic heterocycles. The van der Waals surface area contributed by atoms with E-state index in [4.69, 9.17) is 11.5 Å². The lowest BCUT2D eigenvalue weighted by Gasteiger charge is -2.15. The van der Waals surface area contributed by atoms with Crippen molar-refractivity contribution in [2.75, 3.05) is 11.5 Å². The van der Waals surface area contributed by atoms with Crippen LogP contribution in [-0.2, 0) is 13.4 Å². The maximum absolute atomic E-state index is 12.2. The van der Waals surface area contributed by atoms with E-state index in [-0.39, 0.29) is 18.4 Å². The first kappa shape index (κ1) is 14.0. The summed E-state index contributed by atoms with van der Waals surface area (Å²) in [4.78, 5) is 24.3. The van der Waals surface area contributed by atoms with E-state index in [9.17, 15) is 9.59 Å². The second kappa shape index (κ2) is 5.28. The van der Waals surface area contributed by atoms with Crippen molar-refractivity contribution in [2.45, 2.75) is 13.1 Å². The minimum Gasteiger partial charge on any atom is -0.391 e. The van der Waals surface area contributed by atoms with Gasteiger partial charge in [-0.2, -0.15) is 0 Å². The average Bonchev–Trinajstić information content (AvgIpc) is 2.44. The van der Waals surface area contributed by atoms with E-state index in [2.05, 4.69) is 0 Å². The van der Waals surface area contributed by atoms with Gasteiger partial charge in [-0.25, -0.2) is 4.79 Å². The van der Waals surface area contributed by atoms with E-state index in [1.165, 1.54) is 11.6 Å². The second-order valence-electron chi connectivity index (χ2n) is 4.85. The van der Waals surface area contributed by atoms with Gasteiger partial charge in [-0.15, -0.1) is 0 Å². The highest BCUT2D eigenvalue weighted by molar-refractivity contribution is 6.54. The summed E-state index contributed by atoms with van der Waals surface area (Å²) < 4.78 is 2.34. The number of nitrogens with zero attached hydrogens (tertiary/aromatic N) is 2. The first-order valence-electron chi connectivity index (χ1n) is 6.34. The number of rotatable bonds is 3. The smallest absolute Gasteiger partial charge is 0.320 e. The van der Waals surface area contributed by atoms with Crippen molar-refractivity contribution in [2.24, 2.45) is 7.05 Å². The van der Waals surface area contributed by atoms with Crippen molar-refractivity contribution in [3.8, 4) is 0 Å². The Labute approximate surface area is 116 Å². The lowest BCUT2D eigenvalue weighted by atomic mass is 9.59. The third-order valence-electron chi connectivity index (χ3n) is 3.39. The van der Waals surface area contributed by atoms with Crippen LogP contribution in [0.25, 0.3) is 0 Å². The summed E-state index contributed by atoms with van der Waals surface area (Å²) in [6.45, 7) is 1.51. The number of benzene rings is 1. The Balaban J connectivity index is 2.48. The molecule has 0 bridgehead atoms. The van der Waals surface area contributed by atoms with E-state index in [0.717, 1.165) is 10.0 Å². The van der Waals surface area contributed by atoms with Crippen LogP contribution in [0, 0.1) is 0 Å². The molecule has 0 radical (unpaired) electrons. The van der Waals surface area contributed by atoms with Gasteiger partial charge in [0.25, 0.3) is 12.4 Å². The molecule has 1 aromatic carbocycles. The molecule has 0 amide bonds.